The predicted octanol–water partition coefficient (Wildman–Crippen LogP) is 4.78. The molecule has 1 aromatic carbocycles. The van der Waals surface area contributed by atoms with Crippen molar-refractivity contribution in [2.45, 2.75) is 13.8 Å². The lowest BCUT2D eigenvalue weighted by molar-refractivity contribution is 1.08. The topological polar surface area (TPSA) is 62.7 Å². The SMILES string of the molecule is CCNc1nc(Nc2cccc(Br)c2C)cc(-c2ccccn2)n1. The monoisotopic (exact) mass is 383 g/mol. The van der Waals surface area contributed by atoms with E-state index >= 15 is 0 Å². The van der Waals surface area contributed by atoms with Gasteiger partial charge in [-0.3, -0.25) is 4.98 Å². The largest absolute Gasteiger partial charge is 0.354 e. The van der Waals surface area contributed by atoms with Crippen LogP contribution >= 0.6 is 15.9 Å². The van der Waals surface area contributed by atoms with E-state index in [1.54, 1.807) is 6.20 Å². The first-order chi connectivity index (χ1) is 11.7. The second-order valence-corrected chi connectivity index (χ2v) is 6.10. The smallest absolute Gasteiger partial charge is 0.225 e. The quantitative estimate of drug-likeness (QED) is 0.663. The highest BCUT2D eigenvalue weighted by Crippen LogP contribution is 2.27. The highest BCUT2D eigenvalue weighted by atomic mass is 79.9. The third-order valence-corrected chi connectivity index (χ3v) is 4.38. The summed E-state index contributed by atoms with van der Waals surface area (Å²) in [6.07, 6.45) is 1.76. The van der Waals surface area contributed by atoms with E-state index in [0.717, 1.165) is 39.5 Å². The van der Waals surface area contributed by atoms with E-state index in [9.17, 15) is 0 Å². The van der Waals surface area contributed by atoms with Crippen LogP contribution in [0.1, 0.15) is 12.5 Å². The fraction of sp³-hybridized carbons (Fsp3) is 0.167. The Kier molecular flexibility index (Phi) is 5.05. The molecular weight excluding hydrogens is 366 g/mol. The van der Waals surface area contributed by atoms with Gasteiger partial charge in [0, 0.05) is 29.0 Å². The Balaban J connectivity index is 2.00. The Morgan fingerprint density at radius 2 is 1.92 bits per heavy atom. The molecule has 2 N–H and O–H groups in total. The predicted molar refractivity (Wildman–Crippen MR) is 102 cm³/mol. The van der Waals surface area contributed by atoms with E-state index in [2.05, 4.69) is 48.4 Å². The van der Waals surface area contributed by atoms with Crippen molar-refractivity contribution in [1.29, 1.82) is 0 Å². The molecule has 24 heavy (non-hydrogen) atoms. The second-order valence-electron chi connectivity index (χ2n) is 5.24. The first-order valence-corrected chi connectivity index (χ1v) is 8.53. The molecule has 0 saturated heterocycles. The van der Waals surface area contributed by atoms with Crippen molar-refractivity contribution < 1.29 is 0 Å². The average Bonchev–Trinajstić information content (AvgIpc) is 2.60. The first-order valence-electron chi connectivity index (χ1n) is 7.74. The maximum atomic E-state index is 4.54. The zero-order valence-corrected chi connectivity index (χ0v) is 15.1. The van der Waals surface area contributed by atoms with Crippen LogP contribution in [0.5, 0.6) is 0 Å². The Morgan fingerprint density at radius 1 is 1.04 bits per heavy atom. The van der Waals surface area contributed by atoms with Crippen LogP contribution in [0.25, 0.3) is 11.4 Å². The van der Waals surface area contributed by atoms with Crippen LogP contribution < -0.4 is 10.6 Å². The van der Waals surface area contributed by atoms with Gasteiger partial charge in [0.25, 0.3) is 0 Å². The van der Waals surface area contributed by atoms with Gasteiger partial charge >= 0.3 is 0 Å². The van der Waals surface area contributed by atoms with E-state index in [-0.39, 0.29) is 0 Å². The molecule has 0 spiro atoms. The molecule has 3 aromatic rings. The summed E-state index contributed by atoms with van der Waals surface area (Å²) in [5.74, 6) is 1.30. The van der Waals surface area contributed by atoms with Crippen LogP contribution in [0, 0.1) is 6.92 Å². The van der Waals surface area contributed by atoms with E-state index in [4.69, 9.17) is 0 Å². The zero-order valence-electron chi connectivity index (χ0n) is 13.5. The third-order valence-electron chi connectivity index (χ3n) is 3.52. The third kappa shape index (κ3) is 3.71. The van der Waals surface area contributed by atoms with Crippen molar-refractivity contribution in [3.63, 3.8) is 0 Å². The van der Waals surface area contributed by atoms with Gasteiger partial charge in [-0.05, 0) is 43.7 Å². The Labute approximate surface area is 149 Å². The molecule has 0 atom stereocenters. The number of nitrogens with one attached hydrogen (secondary N) is 2. The lowest BCUT2D eigenvalue weighted by Crippen LogP contribution is -2.06. The molecule has 0 aliphatic heterocycles. The fourth-order valence-corrected chi connectivity index (χ4v) is 2.64. The molecule has 0 saturated carbocycles. The van der Waals surface area contributed by atoms with Gasteiger partial charge in [-0.1, -0.05) is 28.1 Å². The minimum absolute atomic E-state index is 0.579. The van der Waals surface area contributed by atoms with Gasteiger partial charge in [0.1, 0.15) is 5.82 Å². The van der Waals surface area contributed by atoms with Crippen LogP contribution in [0.4, 0.5) is 17.5 Å². The number of halogens is 1. The average molecular weight is 384 g/mol. The summed E-state index contributed by atoms with van der Waals surface area (Å²) in [5, 5.41) is 6.54. The van der Waals surface area contributed by atoms with E-state index in [1.165, 1.54) is 0 Å². The van der Waals surface area contributed by atoms with Crippen molar-refractivity contribution in [3.05, 3.63) is 58.7 Å². The van der Waals surface area contributed by atoms with E-state index in [1.807, 2.05) is 49.4 Å². The summed E-state index contributed by atoms with van der Waals surface area (Å²) in [4.78, 5) is 13.5. The van der Waals surface area contributed by atoms with Crippen molar-refractivity contribution in [3.8, 4) is 11.4 Å². The lowest BCUT2D eigenvalue weighted by Gasteiger charge is -2.12. The lowest BCUT2D eigenvalue weighted by atomic mass is 10.2. The molecule has 5 nitrogen and oxygen atoms in total. The van der Waals surface area contributed by atoms with Crippen molar-refractivity contribution in [2.75, 3.05) is 17.2 Å². The molecule has 0 radical (unpaired) electrons. The molecule has 2 aromatic heterocycles. The maximum absolute atomic E-state index is 4.54. The number of rotatable bonds is 5. The number of hydrogen-bond donors (Lipinski definition) is 2. The number of benzene rings is 1. The number of hydrogen-bond acceptors (Lipinski definition) is 5. The molecule has 0 bridgehead atoms. The highest BCUT2D eigenvalue weighted by molar-refractivity contribution is 9.10. The summed E-state index contributed by atoms with van der Waals surface area (Å²) >= 11 is 3.55. The molecule has 2 heterocycles. The van der Waals surface area contributed by atoms with Crippen LogP contribution in [0.15, 0.2) is 53.1 Å². The number of aromatic nitrogens is 3. The van der Waals surface area contributed by atoms with Crippen LogP contribution in [-0.4, -0.2) is 21.5 Å². The molecule has 0 unspecified atom stereocenters. The minimum atomic E-state index is 0.579. The maximum Gasteiger partial charge on any atom is 0.225 e. The van der Waals surface area contributed by atoms with Crippen molar-refractivity contribution in [2.24, 2.45) is 0 Å². The fourth-order valence-electron chi connectivity index (χ4n) is 2.27. The minimum Gasteiger partial charge on any atom is -0.354 e. The molecule has 0 aliphatic carbocycles. The highest BCUT2D eigenvalue weighted by Gasteiger charge is 2.09. The standard InChI is InChI=1S/C18H18BrN5/c1-3-20-18-23-16(15-8-4-5-10-21-15)11-17(24-18)22-14-9-6-7-13(19)12(14)2/h4-11H,3H2,1-2H3,(H2,20,22,23,24). The number of anilines is 3. The summed E-state index contributed by atoms with van der Waals surface area (Å²) in [6, 6.07) is 13.7. The molecule has 6 heteroatoms. The normalized spacial score (nSPS) is 10.5. The summed E-state index contributed by atoms with van der Waals surface area (Å²) in [6.45, 7) is 4.82. The second kappa shape index (κ2) is 7.40. The Bertz CT molecular complexity index is 836. The van der Waals surface area contributed by atoms with Gasteiger partial charge in [0.2, 0.25) is 5.95 Å². The van der Waals surface area contributed by atoms with Gasteiger partial charge in [0.05, 0.1) is 11.4 Å². The molecule has 0 aliphatic rings. The van der Waals surface area contributed by atoms with Gasteiger partial charge in [0.15, 0.2) is 0 Å². The Morgan fingerprint density at radius 3 is 2.67 bits per heavy atom. The molecule has 3 rings (SSSR count). The van der Waals surface area contributed by atoms with Crippen LogP contribution in [-0.2, 0) is 0 Å². The first kappa shape index (κ1) is 16.4. The van der Waals surface area contributed by atoms with Crippen LogP contribution in [0.2, 0.25) is 0 Å². The molecular formula is C18H18BrN5. The van der Waals surface area contributed by atoms with Gasteiger partial charge in [-0.15, -0.1) is 0 Å². The molecule has 0 amide bonds. The zero-order chi connectivity index (χ0) is 16.9. The molecule has 0 fully saturated rings. The van der Waals surface area contributed by atoms with Gasteiger partial charge in [-0.25, -0.2) is 4.98 Å². The van der Waals surface area contributed by atoms with Crippen molar-refractivity contribution >= 4 is 33.4 Å². The summed E-state index contributed by atoms with van der Waals surface area (Å²) in [5.41, 5.74) is 3.71. The summed E-state index contributed by atoms with van der Waals surface area (Å²) < 4.78 is 1.05. The van der Waals surface area contributed by atoms with E-state index in [0.29, 0.717) is 5.95 Å². The number of nitrogens with zero attached hydrogens (tertiary/aromatic N) is 3. The van der Waals surface area contributed by atoms with Crippen LogP contribution in [0.3, 0.4) is 0 Å². The summed E-state index contributed by atoms with van der Waals surface area (Å²) in [7, 11) is 0. The number of pyridine rings is 1. The van der Waals surface area contributed by atoms with Crippen molar-refractivity contribution in [1.82, 2.24) is 15.0 Å². The van der Waals surface area contributed by atoms with Gasteiger partial charge < -0.3 is 10.6 Å². The van der Waals surface area contributed by atoms with Gasteiger partial charge in [-0.2, -0.15) is 4.98 Å². The molecule has 122 valence electrons. The Hall–Kier alpha value is -2.47. The van der Waals surface area contributed by atoms with E-state index < -0.39 is 0 Å².